The van der Waals surface area contributed by atoms with Gasteiger partial charge in [0, 0.05) is 18.7 Å². The zero-order valence-corrected chi connectivity index (χ0v) is 13.5. The quantitative estimate of drug-likeness (QED) is 0.929. The van der Waals surface area contributed by atoms with E-state index in [1.807, 2.05) is 41.3 Å². The van der Waals surface area contributed by atoms with E-state index in [4.69, 9.17) is 0 Å². The van der Waals surface area contributed by atoms with Gasteiger partial charge in [-0.25, -0.2) is 0 Å². The summed E-state index contributed by atoms with van der Waals surface area (Å²) in [7, 11) is 0. The first-order chi connectivity index (χ1) is 11.3. The summed E-state index contributed by atoms with van der Waals surface area (Å²) < 4.78 is 0. The smallest absolute Gasteiger partial charge is 0.249 e. The summed E-state index contributed by atoms with van der Waals surface area (Å²) in [6, 6.07) is 8.99. The van der Waals surface area contributed by atoms with Crippen LogP contribution < -0.4 is 5.32 Å². The number of rotatable bonds is 4. The van der Waals surface area contributed by atoms with Crippen molar-refractivity contribution >= 4 is 11.8 Å². The third-order valence-corrected chi connectivity index (χ3v) is 4.66. The number of carbonyl (C=O) groups excluding carboxylic acids is 2. The molecule has 3 rings (SSSR count). The predicted molar refractivity (Wildman–Crippen MR) is 89.7 cm³/mol. The molecule has 122 valence electrons. The second-order valence-electron chi connectivity index (χ2n) is 6.32. The number of hydrogen-bond donors (Lipinski definition) is 1. The Bertz CT molecular complexity index is 589. The largest absolute Gasteiger partial charge is 0.341 e. The van der Waals surface area contributed by atoms with Gasteiger partial charge >= 0.3 is 0 Å². The number of likely N-dealkylation sites (tertiary alicyclic amines) is 1. The van der Waals surface area contributed by atoms with Crippen molar-refractivity contribution in [2.45, 2.75) is 44.6 Å². The molecule has 4 nitrogen and oxygen atoms in total. The van der Waals surface area contributed by atoms with Crippen molar-refractivity contribution in [3.05, 3.63) is 47.5 Å². The number of nitrogens with one attached hydrogen (secondary N) is 1. The van der Waals surface area contributed by atoms with E-state index in [1.54, 1.807) is 0 Å². The fourth-order valence-electron chi connectivity index (χ4n) is 3.33. The number of allylic oxidation sites excluding steroid dienone is 1. The first-order valence-electron chi connectivity index (χ1n) is 8.59. The van der Waals surface area contributed by atoms with Crippen molar-refractivity contribution in [2.24, 2.45) is 0 Å². The molecule has 0 aromatic heterocycles. The molecule has 0 spiro atoms. The summed E-state index contributed by atoms with van der Waals surface area (Å²) in [6.45, 7) is 1.58. The molecule has 0 unspecified atom stereocenters. The lowest BCUT2D eigenvalue weighted by molar-refractivity contribution is -0.136. The van der Waals surface area contributed by atoms with Crippen molar-refractivity contribution in [2.75, 3.05) is 13.1 Å². The van der Waals surface area contributed by atoms with Gasteiger partial charge in [0.2, 0.25) is 11.8 Å². The Balaban J connectivity index is 1.78. The lowest BCUT2D eigenvalue weighted by atomic mass is 10.0. The van der Waals surface area contributed by atoms with Gasteiger partial charge in [-0.1, -0.05) is 36.4 Å². The van der Waals surface area contributed by atoms with E-state index >= 15 is 0 Å². The highest BCUT2D eigenvalue weighted by atomic mass is 16.2. The number of nitrogens with zero attached hydrogens (tertiary/aromatic N) is 1. The van der Waals surface area contributed by atoms with Gasteiger partial charge in [-0.2, -0.15) is 0 Å². The molecule has 1 fully saturated rings. The molecule has 1 heterocycles. The van der Waals surface area contributed by atoms with Crippen LogP contribution >= 0.6 is 0 Å². The van der Waals surface area contributed by atoms with E-state index in [1.165, 1.54) is 6.42 Å². The fourth-order valence-corrected chi connectivity index (χ4v) is 3.33. The van der Waals surface area contributed by atoms with Crippen molar-refractivity contribution in [1.82, 2.24) is 10.2 Å². The van der Waals surface area contributed by atoms with Gasteiger partial charge in [0.1, 0.15) is 6.04 Å². The summed E-state index contributed by atoms with van der Waals surface area (Å²) in [4.78, 5) is 27.3. The van der Waals surface area contributed by atoms with Gasteiger partial charge in [-0.3, -0.25) is 9.59 Å². The fraction of sp³-hybridized carbons (Fsp3) is 0.474. The molecule has 2 amide bonds. The molecule has 1 aliphatic heterocycles. The summed E-state index contributed by atoms with van der Waals surface area (Å²) in [6.07, 6.45) is 8.06. The minimum absolute atomic E-state index is 0.0165. The second-order valence-corrected chi connectivity index (χ2v) is 6.32. The topological polar surface area (TPSA) is 49.4 Å². The Morgan fingerprint density at radius 1 is 1.00 bits per heavy atom. The first kappa shape index (κ1) is 15.8. The van der Waals surface area contributed by atoms with E-state index in [2.05, 4.69) is 5.32 Å². The second kappa shape index (κ2) is 7.44. The Morgan fingerprint density at radius 3 is 2.39 bits per heavy atom. The molecule has 0 bridgehead atoms. The van der Waals surface area contributed by atoms with Crippen LogP contribution in [-0.2, 0) is 9.59 Å². The van der Waals surface area contributed by atoms with Crippen LogP contribution in [0, 0.1) is 0 Å². The normalized spacial score (nSPS) is 19.1. The highest BCUT2D eigenvalue weighted by Gasteiger charge is 2.29. The van der Waals surface area contributed by atoms with Crippen LogP contribution in [0.4, 0.5) is 0 Å². The van der Waals surface area contributed by atoms with Crippen molar-refractivity contribution in [3.8, 4) is 0 Å². The van der Waals surface area contributed by atoms with Crippen LogP contribution in [0.1, 0.15) is 50.1 Å². The molecular formula is C19H24N2O2. The van der Waals surface area contributed by atoms with E-state index in [0.29, 0.717) is 0 Å². The summed E-state index contributed by atoms with van der Waals surface area (Å²) >= 11 is 0. The molecular weight excluding hydrogens is 288 g/mol. The Kier molecular flexibility index (Phi) is 5.11. The maximum atomic E-state index is 12.9. The Hall–Kier alpha value is -2.10. The lowest BCUT2D eigenvalue weighted by Gasteiger charge is -2.31. The minimum atomic E-state index is -0.580. The SMILES string of the molecule is O=C(N[C@H](C(=O)N1CCCCC1)c1ccccc1)C1=CCCC1. The molecule has 1 atom stereocenters. The summed E-state index contributed by atoms with van der Waals surface area (Å²) in [5.41, 5.74) is 1.67. The average Bonchev–Trinajstić information content (AvgIpc) is 3.15. The van der Waals surface area contributed by atoms with Crippen LogP contribution in [0.25, 0.3) is 0 Å². The van der Waals surface area contributed by atoms with Gasteiger partial charge in [-0.05, 0) is 44.1 Å². The highest BCUT2D eigenvalue weighted by Crippen LogP contribution is 2.22. The standard InChI is InChI=1S/C19H24N2O2/c22-18(16-11-5-6-12-16)20-17(15-9-3-1-4-10-15)19(23)21-13-7-2-8-14-21/h1,3-4,9-11,17H,2,5-8,12-14H2,(H,20,22)/t17-/m0/s1. The van der Waals surface area contributed by atoms with Gasteiger partial charge in [0.15, 0.2) is 0 Å². The third kappa shape index (κ3) is 3.81. The monoisotopic (exact) mass is 312 g/mol. The van der Waals surface area contributed by atoms with Crippen LogP contribution in [-0.4, -0.2) is 29.8 Å². The van der Waals surface area contributed by atoms with Crippen LogP contribution in [0.2, 0.25) is 0 Å². The molecule has 1 saturated heterocycles. The number of hydrogen-bond acceptors (Lipinski definition) is 2. The summed E-state index contributed by atoms with van der Waals surface area (Å²) in [5.74, 6) is -0.0791. The van der Waals surface area contributed by atoms with E-state index < -0.39 is 6.04 Å². The van der Waals surface area contributed by atoms with Crippen LogP contribution in [0.5, 0.6) is 0 Å². The molecule has 1 aromatic carbocycles. The zero-order chi connectivity index (χ0) is 16.1. The van der Waals surface area contributed by atoms with Crippen LogP contribution in [0.15, 0.2) is 42.0 Å². The Labute approximate surface area is 137 Å². The molecule has 1 aliphatic carbocycles. The van der Waals surface area contributed by atoms with Gasteiger partial charge in [-0.15, -0.1) is 0 Å². The predicted octanol–water partition coefficient (Wildman–Crippen LogP) is 2.97. The number of piperidine rings is 1. The number of benzene rings is 1. The maximum absolute atomic E-state index is 12.9. The molecule has 23 heavy (non-hydrogen) atoms. The molecule has 0 saturated carbocycles. The molecule has 1 aromatic rings. The maximum Gasteiger partial charge on any atom is 0.249 e. The van der Waals surface area contributed by atoms with Crippen LogP contribution in [0.3, 0.4) is 0 Å². The van der Waals surface area contributed by atoms with Crippen molar-refractivity contribution < 1.29 is 9.59 Å². The lowest BCUT2D eigenvalue weighted by Crippen LogP contribution is -2.45. The van der Waals surface area contributed by atoms with Gasteiger partial charge < -0.3 is 10.2 Å². The summed E-state index contributed by atoms with van der Waals surface area (Å²) in [5, 5.41) is 2.97. The number of amides is 2. The number of carbonyl (C=O) groups is 2. The third-order valence-electron chi connectivity index (χ3n) is 4.66. The first-order valence-corrected chi connectivity index (χ1v) is 8.59. The molecule has 1 N–H and O–H groups in total. The zero-order valence-electron chi connectivity index (χ0n) is 13.5. The molecule has 2 aliphatic rings. The minimum Gasteiger partial charge on any atom is -0.341 e. The van der Waals surface area contributed by atoms with E-state index in [-0.39, 0.29) is 11.8 Å². The van der Waals surface area contributed by atoms with Crippen molar-refractivity contribution in [3.63, 3.8) is 0 Å². The molecule has 4 heteroatoms. The Morgan fingerprint density at radius 2 is 1.74 bits per heavy atom. The van der Waals surface area contributed by atoms with Gasteiger partial charge in [0.05, 0.1) is 0 Å². The highest BCUT2D eigenvalue weighted by molar-refractivity contribution is 5.97. The van der Waals surface area contributed by atoms with Gasteiger partial charge in [0.25, 0.3) is 0 Å². The van der Waals surface area contributed by atoms with Crippen molar-refractivity contribution in [1.29, 1.82) is 0 Å². The molecule has 0 radical (unpaired) electrons. The average molecular weight is 312 g/mol. The van der Waals surface area contributed by atoms with E-state index in [9.17, 15) is 9.59 Å². The van der Waals surface area contributed by atoms with E-state index in [0.717, 1.165) is 56.3 Å².